The fourth-order valence-electron chi connectivity index (χ4n) is 0.323. The summed E-state index contributed by atoms with van der Waals surface area (Å²) in [5, 5.41) is 1.93. The molecule has 55 valence electrons. The SMILES string of the molecule is CC(Br)C(Br)C(Br)[CH]Br. The fraction of sp³-hybridized carbons (Fsp3) is 0.800. The summed E-state index contributed by atoms with van der Waals surface area (Å²) in [6.07, 6.45) is 0. The maximum absolute atomic E-state index is 3.51. The summed E-state index contributed by atoms with van der Waals surface area (Å²) in [6.45, 7) is 2.10. The Labute approximate surface area is 89.7 Å². The molecule has 0 aliphatic carbocycles. The van der Waals surface area contributed by atoms with Crippen LogP contribution in [0.5, 0.6) is 0 Å². The van der Waals surface area contributed by atoms with E-state index >= 15 is 0 Å². The van der Waals surface area contributed by atoms with Gasteiger partial charge < -0.3 is 0 Å². The molecule has 3 unspecified atom stereocenters. The molecule has 0 aliphatic rings. The van der Waals surface area contributed by atoms with Crippen LogP contribution in [0.3, 0.4) is 0 Å². The Morgan fingerprint density at radius 1 is 1.22 bits per heavy atom. The Balaban J connectivity index is 3.58. The summed E-state index contributed by atoms with van der Waals surface area (Å²) >= 11 is 13.7. The summed E-state index contributed by atoms with van der Waals surface area (Å²) in [5.74, 6) is 0. The van der Waals surface area contributed by atoms with Crippen molar-refractivity contribution in [1.82, 2.24) is 0 Å². The van der Waals surface area contributed by atoms with Gasteiger partial charge in [-0.3, -0.25) is 0 Å². The molecule has 3 atom stereocenters. The van der Waals surface area contributed by atoms with Gasteiger partial charge in [-0.2, -0.15) is 0 Å². The molecule has 1 radical (unpaired) electrons. The van der Waals surface area contributed by atoms with E-state index in [4.69, 9.17) is 0 Å². The Morgan fingerprint density at radius 3 is 1.78 bits per heavy atom. The lowest BCUT2D eigenvalue weighted by Crippen LogP contribution is -2.20. The largest absolute Gasteiger partial charge is 0.0881 e. The molecule has 0 spiro atoms. The number of halogens is 4. The molecule has 4 heteroatoms. The number of alkyl halides is 3. The molecule has 0 rings (SSSR count). The van der Waals surface area contributed by atoms with E-state index in [9.17, 15) is 0 Å². The molecule has 0 aromatic heterocycles. The zero-order chi connectivity index (χ0) is 7.44. The third-order valence-corrected chi connectivity index (χ3v) is 6.33. The second-order valence-corrected chi connectivity index (χ2v) is 5.78. The van der Waals surface area contributed by atoms with E-state index in [0.717, 1.165) is 0 Å². The van der Waals surface area contributed by atoms with Crippen molar-refractivity contribution in [3.05, 3.63) is 5.33 Å². The first kappa shape index (κ1) is 10.9. The number of hydrogen-bond donors (Lipinski definition) is 0. The van der Waals surface area contributed by atoms with E-state index < -0.39 is 0 Å². The van der Waals surface area contributed by atoms with Crippen molar-refractivity contribution in [3.63, 3.8) is 0 Å². The van der Waals surface area contributed by atoms with Crippen molar-refractivity contribution >= 4 is 63.7 Å². The van der Waals surface area contributed by atoms with E-state index in [-0.39, 0.29) is 0 Å². The van der Waals surface area contributed by atoms with Gasteiger partial charge in [0.1, 0.15) is 0 Å². The maximum Gasteiger partial charge on any atom is 0.0418 e. The van der Waals surface area contributed by atoms with Crippen LogP contribution in [0, 0.1) is 5.33 Å². The molecule has 0 fully saturated rings. The predicted octanol–water partition coefficient (Wildman–Crippen LogP) is 3.85. The van der Waals surface area contributed by atoms with Crippen molar-refractivity contribution < 1.29 is 0 Å². The van der Waals surface area contributed by atoms with E-state index in [0.29, 0.717) is 14.5 Å². The lowest BCUT2D eigenvalue weighted by molar-refractivity contribution is 0.896. The predicted molar refractivity (Wildman–Crippen MR) is 57.0 cm³/mol. The molecule has 0 amide bonds. The van der Waals surface area contributed by atoms with Crippen LogP contribution in [-0.2, 0) is 0 Å². The third-order valence-electron chi connectivity index (χ3n) is 0.863. The van der Waals surface area contributed by atoms with E-state index in [1.807, 2.05) is 5.33 Å². The molecule has 0 saturated carbocycles. The molecular weight excluding hydrogens is 380 g/mol. The minimum absolute atomic E-state index is 0.367. The van der Waals surface area contributed by atoms with Crippen LogP contribution in [0.15, 0.2) is 0 Å². The van der Waals surface area contributed by atoms with Gasteiger partial charge in [-0.15, -0.1) is 0 Å². The molecular formula is C5H7Br4. The molecule has 0 aliphatic heterocycles. The first-order valence-corrected chi connectivity index (χ1v) is 6.11. The van der Waals surface area contributed by atoms with Crippen LogP contribution in [-0.4, -0.2) is 14.5 Å². The average molecular weight is 387 g/mol. The van der Waals surface area contributed by atoms with Crippen molar-refractivity contribution in [2.75, 3.05) is 0 Å². The minimum Gasteiger partial charge on any atom is -0.0881 e. The second kappa shape index (κ2) is 5.56. The summed E-state index contributed by atoms with van der Waals surface area (Å²) in [5.41, 5.74) is 0. The van der Waals surface area contributed by atoms with Gasteiger partial charge in [0.15, 0.2) is 0 Å². The molecule has 0 bridgehead atoms. The normalized spacial score (nSPS) is 21.0. The second-order valence-electron chi connectivity index (χ2n) is 1.69. The summed E-state index contributed by atoms with van der Waals surface area (Å²) in [4.78, 5) is 1.26. The molecule has 0 saturated heterocycles. The average Bonchev–Trinajstić information content (AvgIpc) is 1.84. The quantitative estimate of drug-likeness (QED) is 0.646. The van der Waals surface area contributed by atoms with Crippen molar-refractivity contribution in [3.8, 4) is 0 Å². The van der Waals surface area contributed by atoms with Gasteiger partial charge in [0.25, 0.3) is 0 Å². The van der Waals surface area contributed by atoms with Crippen LogP contribution in [0.1, 0.15) is 6.92 Å². The molecule has 0 aromatic rings. The van der Waals surface area contributed by atoms with E-state index in [2.05, 4.69) is 70.6 Å². The maximum atomic E-state index is 3.51. The monoisotopic (exact) mass is 383 g/mol. The molecule has 0 heterocycles. The van der Waals surface area contributed by atoms with Crippen LogP contribution in [0.2, 0.25) is 0 Å². The van der Waals surface area contributed by atoms with Gasteiger partial charge in [0.05, 0.1) is 0 Å². The van der Waals surface area contributed by atoms with Crippen LogP contribution < -0.4 is 0 Å². The highest BCUT2D eigenvalue weighted by Gasteiger charge is 2.18. The number of rotatable bonds is 3. The van der Waals surface area contributed by atoms with Crippen LogP contribution >= 0.6 is 63.7 Å². The van der Waals surface area contributed by atoms with Gasteiger partial charge in [-0.05, 0) is 0 Å². The standard InChI is InChI=1S/C5H7Br4/c1-3(7)5(9)4(8)2-6/h2-5H,1H3. The highest BCUT2D eigenvalue weighted by Crippen LogP contribution is 2.25. The Kier molecular flexibility index (Phi) is 6.74. The fourth-order valence-corrected chi connectivity index (χ4v) is 2.41. The number of hydrogen-bond acceptors (Lipinski definition) is 0. The Bertz CT molecular complexity index is 73.4. The zero-order valence-electron chi connectivity index (χ0n) is 4.82. The van der Waals surface area contributed by atoms with Gasteiger partial charge in [-0.25, -0.2) is 0 Å². The summed E-state index contributed by atoms with van der Waals surface area (Å²) < 4.78 is 0. The molecule has 0 N–H and O–H groups in total. The van der Waals surface area contributed by atoms with Crippen LogP contribution in [0.25, 0.3) is 0 Å². The van der Waals surface area contributed by atoms with Crippen molar-refractivity contribution in [2.24, 2.45) is 0 Å². The first-order chi connectivity index (χ1) is 4.09. The summed E-state index contributed by atoms with van der Waals surface area (Å²) in [6, 6.07) is 0. The molecule has 9 heavy (non-hydrogen) atoms. The Morgan fingerprint density at radius 2 is 1.67 bits per heavy atom. The van der Waals surface area contributed by atoms with Gasteiger partial charge in [-0.1, -0.05) is 70.6 Å². The van der Waals surface area contributed by atoms with Gasteiger partial charge in [0, 0.05) is 19.8 Å². The summed E-state index contributed by atoms with van der Waals surface area (Å²) in [7, 11) is 0. The lowest BCUT2D eigenvalue weighted by atomic mass is 10.3. The Hall–Kier alpha value is 1.92. The molecule has 0 nitrogen and oxygen atoms in total. The highest BCUT2D eigenvalue weighted by molar-refractivity contribution is 9.14. The van der Waals surface area contributed by atoms with E-state index in [1.54, 1.807) is 0 Å². The van der Waals surface area contributed by atoms with Crippen LogP contribution in [0.4, 0.5) is 0 Å². The van der Waals surface area contributed by atoms with E-state index in [1.165, 1.54) is 0 Å². The lowest BCUT2D eigenvalue weighted by Gasteiger charge is -2.15. The van der Waals surface area contributed by atoms with Gasteiger partial charge >= 0.3 is 0 Å². The topological polar surface area (TPSA) is 0 Å². The minimum atomic E-state index is 0.367. The zero-order valence-corrected chi connectivity index (χ0v) is 11.2. The van der Waals surface area contributed by atoms with Crippen molar-refractivity contribution in [1.29, 1.82) is 0 Å². The first-order valence-electron chi connectivity index (χ1n) is 2.45. The highest BCUT2D eigenvalue weighted by atomic mass is 79.9. The third kappa shape index (κ3) is 4.38. The smallest absolute Gasteiger partial charge is 0.0418 e. The van der Waals surface area contributed by atoms with Crippen molar-refractivity contribution in [2.45, 2.75) is 21.4 Å². The van der Waals surface area contributed by atoms with Gasteiger partial charge in [0.2, 0.25) is 0 Å². The molecule has 0 aromatic carbocycles.